The molecule has 0 aromatic heterocycles. The van der Waals surface area contributed by atoms with Crippen molar-refractivity contribution in [3.63, 3.8) is 0 Å². The number of rotatable bonds is 4. The summed E-state index contributed by atoms with van der Waals surface area (Å²) in [6, 6.07) is 14.0. The largest absolute Gasteiger partial charge is 0.373 e. The molecule has 0 saturated carbocycles. The first kappa shape index (κ1) is 15.6. The highest BCUT2D eigenvalue weighted by molar-refractivity contribution is 6.31. The van der Waals surface area contributed by atoms with E-state index in [0.717, 1.165) is 17.7 Å². The van der Waals surface area contributed by atoms with Crippen molar-refractivity contribution < 1.29 is 9.59 Å². The lowest BCUT2D eigenvalue weighted by Gasteiger charge is -2.17. The zero-order chi connectivity index (χ0) is 16.4. The van der Waals surface area contributed by atoms with Crippen LogP contribution in [0.2, 0.25) is 5.02 Å². The van der Waals surface area contributed by atoms with E-state index in [9.17, 15) is 9.59 Å². The molecule has 5 heteroatoms. The highest BCUT2D eigenvalue weighted by atomic mass is 35.5. The van der Waals surface area contributed by atoms with Crippen molar-refractivity contribution in [1.29, 1.82) is 0 Å². The summed E-state index contributed by atoms with van der Waals surface area (Å²) >= 11 is 5.96. The summed E-state index contributed by atoms with van der Waals surface area (Å²) in [4.78, 5) is 26.1. The number of nitrogens with zero attached hydrogens (tertiary/aromatic N) is 1. The van der Waals surface area contributed by atoms with Gasteiger partial charge in [-0.2, -0.15) is 0 Å². The third-order valence-corrected chi connectivity index (χ3v) is 4.18. The molecule has 0 spiro atoms. The molecular weight excluding hydrogens is 312 g/mol. The minimum absolute atomic E-state index is 0.142. The van der Waals surface area contributed by atoms with Crippen LogP contribution in [0.1, 0.15) is 18.9 Å². The van der Waals surface area contributed by atoms with E-state index in [1.54, 1.807) is 24.3 Å². The molecule has 4 nitrogen and oxygen atoms in total. The van der Waals surface area contributed by atoms with Gasteiger partial charge < -0.3 is 5.32 Å². The number of carbonyl (C=O) groups is 2. The van der Waals surface area contributed by atoms with Gasteiger partial charge >= 0.3 is 0 Å². The number of amides is 2. The number of halogens is 1. The number of anilines is 2. The minimum Gasteiger partial charge on any atom is -0.373 e. The van der Waals surface area contributed by atoms with Crippen molar-refractivity contribution in [2.75, 3.05) is 10.2 Å². The Morgan fingerprint density at radius 2 is 1.96 bits per heavy atom. The molecule has 2 aromatic rings. The average molecular weight is 329 g/mol. The number of hydrogen-bond donors (Lipinski definition) is 1. The van der Waals surface area contributed by atoms with Gasteiger partial charge in [-0.1, -0.05) is 42.8 Å². The second-order valence-corrected chi connectivity index (χ2v) is 5.90. The summed E-state index contributed by atoms with van der Waals surface area (Å²) in [5.74, 6) is -0.466. The number of carbonyl (C=O) groups excluding carboxylic acids is 2. The predicted molar refractivity (Wildman–Crippen MR) is 91.8 cm³/mol. The zero-order valence-electron chi connectivity index (χ0n) is 12.8. The van der Waals surface area contributed by atoms with Gasteiger partial charge in [-0.3, -0.25) is 9.59 Å². The minimum atomic E-state index is -0.547. The van der Waals surface area contributed by atoms with Gasteiger partial charge in [-0.25, -0.2) is 4.90 Å². The molecule has 3 rings (SSSR count). The molecule has 0 radical (unpaired) electrons. The summed E-state index contributed by atoms with van der Waals surface area (Å²) in [5.41, 5.74) is 2.53. The molecule has 2 amide bonds. The molecule has 118 valence electrons. The molecule has 0 unspecified atom stereocenters. The number of nitrogens with one attached hydrogen (secondary N) is 1. The maximum atomic E-state index is 12.6. The Morgan fingerprint density at radius 3 is 2.70 bits per heavy atom. The van der Waals surface area contributed by atoms with E-state index < -0.39 is 6.04 Å². The quantitative estimate of drug-likeness (QED) is 0.872. The Hall–Kier alpha value is -2.33. The van der Waals surface area contributed by atoms with Crippen LogP contribution in [0, 0.1) is 0 Å². The fraction of sp³-hybridized carbons (Fsp3) is 0.222. The lowest BCUT2D eigenvalue weighted by atomic mass is 10.1. The van der Waals surface area contributed by atoms with Crippen LogP contribution in [0.3, 0.4) is 0 Å². The Balaban J connectivity index is 1.84. The molecule has 0 aliphatic carbocycles. The van der Waals surface area contributed by atoms with Crippen molar-refractivity contribution in [1.82, 2.24) is 0 Å². The standard InChI is InChI=1S/C18H17ClN2O2/c1-2-12-6-3-4-9-15(12)20-16-11-17(22)21(18(16)23)14-8-5-7-13(19)10-14/h3-10,16,20H,2,11H2,1H3/t16-/m1/s1. The number of para-hydroxylation sites is 1. The number of aryl methyl sites for hydroxylation is 1. The lowest BCUT2D eigenvalue weighted by molar-refractivity contribution is -0.121. The molecule has 1 N–H and O–H groups in total. The van der Waals surface area contributed by atoms with Crippen LogP contribution in [-0.2, 0) is 16.0 Å². The molecule has 1 atom stereocenters. The topological polar surface area (TPSA) is 49.4 Å². The van der Waals surface area contributed by atoms with Crippen LogP contribution in [0.5, 0.6) is 0 Å². The molecule has 1 saturated heterocycles. The highest BCUT2D eigenvalue weighted by Crippen LogP contribution is 2.27. The van der Waals surface area contributed by atoms with Crippen LogP contribution in [0.15, 0.2) is 48.5 Å². The van der Waals surface area contributed by atoms with Crippen LogP contribution in [-0.4, -0.2) is 17.9 Å². The lowest BCUT2D eigenvalue weighted by Crippen LogP contribution is -2.34. The fourth-order valence-electron chi connectivity index (χ4n) is 2.79. The summed E-state index contributed by atoms with van der Waals surface area (Å²) < 4.78 is 0. The van der Waals surface area contributed by atoms with Gasteiger partial charge in [0.2, 0.25) is 5.91 Å². The normalized spacial score (nSPS) is 17.7. The summed E-state index contributed by atoms with van der Waals surface area (Å²) in [7, 11) is 0. The van der Waals surface area contributed by atoms with Crippen LogP contribution in [0.25, 0.3) is 0 Å². The Morgan fingerprint density at radius 1 is 1.17 bits per heavy atom. The summed E-state index contributed by atoms with van der Waals surface area (Å²) in [5, 5.41) is 3.71. The Kier molecular flexibility index (Phi) is 4.35. The molecule has 1 aliphatic heterocycles. The van der Waals surface area contributed by atoms with E-state index in [0.29, 0.717) is 10.7 Å². The van der Waals surface area contributed by atoms with Crippen molar-refractivity contribution in [3.05, 3.63) is 59.1 Å². The third-order valence-electron chi connectivity index (χ3n) is 3.94. The number of benzene rings is 2. The van der Waals surface area contributed by atoms with Crippen LogP contribution >= 0.6 is 11.6 Å². The van der Waals surface area contributed by atoms with Crippen LogP contribution in [0.4, 0.5) is 11.4 Å². The van der Waals surface area contributed by atoms with Gasteiger partial charge in [-0.05, 0) is 36.2 Å². The maximum absolute atomic E-state index is 12.6. The van der Waals surface area contributed by atoms with Gasteiger partial charge in [0.15, 0.2) is 0 Å². The number of imide groups is 1. The van der Waals surface area contributed by atoms with Crippen molar-refractivity contribution >= 4 is 34.8 Å². The monoisotopic (exact) mass is 328 g/mol. The molecule has 1 fully saturated rings. The fourth-order valence-corrected chi connectivity index (χ4v) is 2.97. The first-order chi connectivity index (χ1) is 11.1. The van der Waals surface area contributed by atoms with E-state index in [-0.39, 0.29) is 18.2 Å². The molecule has 0 bridgehead atoms. The summed E-state index contributed by atoms with van der Waals surface area (Å²) in [6.07, 6.45) is 0.999. The molecular formula is C18H17ClN2O2. The first-order valence-electron chi connectivity index (χ1n) is 7.57. The maximum Gasteiger partial charge on any atom is 0.256 e. The first-order valence-corrected chi connectivity index (χ1v) is 7.94. The van der Waals surface area contributed by atoms with Crippen molar-refractivity contribution in [3.8, 4) is 0 Å². The average Bonchev–Trinajstić information content (AvgIpc) is 2.82. The van der Waals surface area contributed by atoms with E-state index >= 15 is 0 Å². The van der Waals surface area contributed by atoms with E-state index in [1.165, 1.54) is 4.90 Å². The highest BCUT2D eigenvalue weighted by Gasteiger charge is 2.39. The second kappa shape index (κ2) is 6.42. The molecule has 1 aliphatic rings. The molecule has 23 heavy (non-hydrogen) atoms. The van der Waals surface area contributed by atoms with E-state index in [4.69, 9.17) is 11.6 Å². The SMILES string of the molecule is CCc1ccccc1N[C@@H]1CC(=O)N(c2cccc(Cl)c2)C1=O. The zero-order valence-corrected chi connectivity index (χ0v) is 13.5. The summed E-state index contributed by atoms with van der Waals surface area (Å²) in [6.45, 7) is 2.06. The third kappa shape index (κ3) is 3.08. The number of hydrogen-bond acceptors (Lipinski definition) is 3. The predicted octanol–water partition coefficient (Wildman–Crippen LogP) is 3.65. The Labute approximate surface area is 140 Å². The van der Waals surface area contributed by atoms with Gasteiger partial charge in [0.1, 0.15) is 6.04 Å². The van der Waals surface area contributed by atoms with Gasteiger partial charge in [0, 0.05) is 10.7 Å². The van der Waals surface area contributed by atoms with Crippen molar-refractivity contribution in [2.24, 2.45) is 0 Å². The van der Waals surface area contributed by atoms with Gasteiger partial charge in [0.25, 0.3) is 5.91 Å². The van der Waals surface area contributed by atoms with E-state index in [2.05, 4.69) is 12.2 Å². The second-order valence-electron chi connectivity index (χ2n) is 5.46. The molecule has 2 aromatic carbocycles. The molecule has 1 heterocycles. The van der Waals surface area contributed by atoms with E-state index in [1.807, 2.05) is 24.3 Å². The van der Waals surface area contributed by atoms with Gasteiger partial charge in [-0.15, -0.1) is 0 Å². The van der Waals surface area contributed by atoms with Gasteiger partial charge in [0.05, 0.1) is 12.1 Å². The van der Waals surface area contributed by atoms with Crippen LogP contribution < -0.4 is 10.2 Å². The Bertz CT molecular complexity index is 760. The smallest absolute Gasteiger partial charge is 0.256 e. The van der Waals surface area contributed by atoms with Crippen molar-refractivity contribution in [2.45, 2.75) is 25.8 Å².